The van der Waals surface area contributed by atoms with Crippen LogP contribution < -0.4 is 10.2 Å². The molecule has 0 bridgehead atoms. The highest BCUT2D eigenvalue weighted by Gasteiger charge is 2.18. The second-order valence-electron chi connectivity index (χ2n) is 4.77. The van der Waals surface area contributed by atoms with Crippen LogP contribution in [0.1, 0.15) is 5.69 Å². The second-order valence-corrected chi connectivity index (χ2v) is 5.75. The van der Waals surface area contributed by atoms with Crippen molar-refractivity contribution in [2.75, 3.05) is 38.3 Å². The molecule has 106 valence electrons. The van der Waals surface area contributed by atoms with E-state index in [0.717, 1.165) is 43.7 Å². The summed E-state index contributed by atoms with van der Waals surface area (Å²) in [5, 5.41) is 4.32. The summed E-state index contributed by atoms with van der Waals surface area (Å²) in [6, 6.07) is 10.5. The highest BCUT2D eigenvalue weighted by molar-refractivity contribution is 7.19. The maximum atomic E-state index is 5.41. The van der Waals surface area contributed by atoms with Crippen molar-refractivity contribution in [1.29, 1.82) is 0 Å². The number of aromatic nitrogens is 1. The molecule has 20 heavy (non-hydrogen) atoms. The van der Waals surface area contributed by atoms with Gasteiger partial charge in [-0.05, 0) is 12.6 Å². The van der Waals surface area contributed by atoms with E-state index in [9.17, 15) is 0 Å². The van der Waals surface area contributed by atoms with Crippen molar-refractivity contribution in [2.24, 2.45) is 0 Å². The van der Waals surface area contributed by atoms with Crippen LogP contribution in [-0.2, 0) is 11.3 Å². The number of thiazole rings is 1. The molecule has 0 unspecified atom stereocenters. The number of rotatable bonds is 4. The van der Waals surface area contributed by atoms with Gasteiger partial charge in [-0.3, -0.25) is 0 Å². The van der Waals surface area contributed by atoms with Crippen LogP contribution in [0.4, 0.5) is 5.13 Å². The van der Waals surface area contributed by atoms with Crippen molar-refractivity contribution in [3.05, 3.63) is 36.0 Å². The summed E-state index contributed by atoms with van der Waals surface area (Å²) in [4.78, 5) is 8.41. The van der Waals surface area contributed by atoms with Crippen LogP contribution in [0.3, 0.4) is 0 Å². The zero-order valence-electron chi connectivity index (χ0n) is 11.6. The van der Waals surface area contributed by atoms with Crippen LogP contribution in [-0.4, -0.2) is 38.3 Å². The Morgan fingerprint density at radius 3 is 2.70 bits per heavy atom. The van der Waals surface area contributed by atoms with Gasteiger partial charge in [-0.25, -0.2) is 4.98 Å². The van der Waals surface area contributed by atoms with Gasteiger partial charge in [0.15, 0.2) is 5.13 Å². The van der Waals surface area contributed by atoms with E-state index in [2.05, 4.69) is 34.5 Å². The minimum absolute atomic E-state index is 0.793. The summed E-state index contributed by atoms with van der Waals surface area (Å²) in [6.07, 6.45) is 0. The van der Waals surface area contributed by atoms with E-state index < -0.39 is 0 Å². The molecule has 1 fully saturated rings. The Labute approximate surface area is 123 Å². The van der Waals surface area contributed by atoms with Gasteiger partial charge in [0.2, 0.25) is 0 Å². The van der Waals surface area contributed by atoms with E-state index in [1.807, 2.05) is 13.1 Å². The van der Waals surface area contributed by atoms with Gasteiger partial charge in [0.05, 0.1) is 23.8 Å². The van der Waals surface area contributed by atoms with Gasteiger partial charge in [0, 0.05) is 19.6 Å². The van der Waals surface area contributed by atoms with Crippen LogP contribution in [0.2, 0.25) is 0 Å². The molecular weight excluding hydrogens is 270 g/mol. The van der Waals surface area contributed by atoms with Gasteiger partial charge < -0.3 is 15.0 Å². The number of benzene rings is 1. The molecule has 2 aromatic rings. The Bertz CT molecular complexity index is 550. The van der Waals surface area contributed by atoms with E-state index in [1.165, 1.54) is 10.4 Å². The fourth-order valence-electron chi connectivity index (χ4n) is 2.33. The molecule has 1 aromatic carbocycles. The molecule has 1 N–H and O–H groups in total. The fourth-order valence-corrected chi connectivity index (χ4v) is 3.47. The minimum atomic E-state index is 0.793. The minimum Gasteiger partial charge on any atom is -0.378 e. The van der Waals surface area contributed by atoms with Gasteiger partial charge in [0.25, 0.3) is 0 Å². The summed E-state index contributed by atoms with van der Waals surface area (Å²) in [5.41, 5.74) is 2.37. The SMILES string of the molecule is CNCc1nc(N2CCOCC2)sc1-c1ccccc1. The lowest BCUT2D eigenvalue weighted by Crippen LogP contribution is -2.36. The Morgan fingerprint density at radius 1 is 1.25 bits per heavy atom. The molecule has 0 aliphatic carbocycles. The van der Waals surface area contributed by atoms with Crippen molar-refractivity contribution in [2.45, 2.75) is 6.54 Å². The number of ether oxygens (including phenoxy) is 1. The van der Waals surface area contributed by atoms with Gasteiger partial charge in [0.1, 0.15) is 0 Å². The summed E-state index contributed by atoms with van der Waals surface area (Å²) in [5.74, 6) is 0. The average Bonchev–Trinajstić information content (AvgIpc) is 2.94. The van der Waals surface area contributed by atoms with Gasteiger partial charge in [-0.1, -0.05) is 41.7 Å². The van der Waals surface area contributed by atoms with Crippen LogP contribution in [0.25, 0.3) is 10.4 Å². The summed E-state index contributed by atoms with van der Waals surface area (Å²) in [7, 11) is 1.96. The number of anilines is 1. The zero-order valence-corrected chi connectivity index (χ0v) is 12.4. The maximum absolute atomic E-state index is 5.41. The van der Waals surface area contributed by atoms with Crippen LogP contribution in [0, 0.1) is 0 Å². The Balaban J connectivity index is 1.93. The number of morpholine rings is 1. The lowest BCUT2D eigenvalue weighted by Gasteiger charge is -2.26. The van der Waals surface area contributed by atoms with Gasteiger partial charge >= 0.3 is 0 Å². The summed E-state index contributed by atoms with van der Waals surface area (Å²) < 4.78 is 5.41. The first kappa shape index (κ1) is 13.5. The van der Waals surface area contributed by atoms with E-state index in [1.54, 1.807) is 11.3 Å². The van der Waals surface area contributed by atoms with Gasteiger partial charge in [-0.2, -0.15) is 0 Å². The van der Waals surface area contributed by atoms with Gasteiger partial charge in [-0.15, -0.1) is 0 Å². The van der Waals surface area contributed by atoms with Crippen LogP contribution >= 0.6 is 11.3 Å². The third kappa shape index (κ3) is 2.85. The number of nitrogens with zero attached hydrogens (tertiary/aromatic N) is 2. The lowest BCUT2D eigenvalue weighted by molar-refractivity contribution is 0.122. The summed E-state index contributed by atoms with van der Waals surface area (Å²) >= 11 is 1.78. The quantitative estimate of drug-likeness (QED) is 0.937. The molecule has 1 aromatic heterocycles. The first-order valence-corrected chi connectivity index (χ1v) is 7.72. The molecule has 0 amide bonds. The van der Waals surface area contributed by atoms with Crippen molar-refractivity contribution < 1.29 is 4.74 Å². The molecule has 1 aliphatic heterocycles. The first-order chi connectivity index (χ1) is 9.88. The van der Waals surface area contributed by atoms with Crippen molar-refractivity contribution >= 4 is 16.5 Å². The van der Waals surface area contributed by atoms with E-state index >= 15 is 0 Å². The summed E-state index contributed by atoms with van der Waals surface area (Å²) in [6.45, 7) is 4.25. The molecular formula is C15H19N3OS. The molecule has 5 heteroatoms. The molecule has 0 radical (unpaired) electrons. The normalized spacial score (nSPS) is 15.6. The Kier molecular flexibility index (Phi) is 4.30. The van der Waals surface area contributed by atoms with Crippen LogP contribution in [0.5, 0.6) is 0 Å². The number of nitrogens with one attached hydrogen (secondary N) is 1. The fraction of sp³-hybridized carbons (Fsp3) is 0.400. The number of hydrogen-bond donors (Lipinski definition) is 1. The predicted molar refractivity (Wildman–Crippen MR) is 83.3 cm³/mol. The Morgan fingerprint density at radius 2 is 2.00 bits per heavy atom. The van der Waals surface area contributed by atoms with Crippen molar-refractivity contribution in [3.8, 4) is 10.4 Å². The smallest absolute Gasteiger partial charge is 0.186 e. The monoisotopic (exact) mass is 289 g/mol. The molecule has 3 rings (SSSR count). The van der Waals surface area contributed by atoms with Crippen molar-refractivity contribution in [3.63, 3.8) is 0 Å². The van der Waals surface area contributed by atoms with E-state index in [-0.39, 0.29) is 0 Å². The first-order valence-electron chi connectivity index (χ1n) is 6.91. The highest BCUT2D eigenvalue weighted by Crippen LogP contribution is 2.35. The molecule has 0 atom stereocenters. The number of hydrogen-bond acceptors (Lipinski definition) is 5. The Hall–Kier alpha value is -1.43. The molecule has 1 aliphatic rings. The molecule has 1 saturated heterocycles. The molecule has 0 saturated carbocycles. The maximum Gasteiger partial charge on any atom is 0.186 e. The zero-order chi connectivity index (χ0) is 13.8. The van der Waals surface area contributed by atoms with Crippen molar-refractivity contribution in [1.82, 2.24) is 10.3 Å². The third-order valence-electron chi connectivity index (χ3n) is 3.35. The predicted octanol–water partition coefficient (Wildman–Crippen LogP) is 2.37. The highest BCUT2D eigenvalue weighted by atomic mass is 32.1. The average molecular weight is 289 g/mol. The van der Waals surface area contributed by atoms with E-state index in [0.29, 0.717) is 0 Å². The topological polar surface area (TPSA) is 37.4 Å². The molecule has 0 spiro atoms. The molecule has 2 heterocycles. The molecule has 4 nitrogen and oxygen atoms in total. The van der Waals surface area contributed by atoms with Crippen LogP contribution in [0.15, 0.2) is 30.3 Å². The standard InChI is InChI=1S/C15H19N3OS/c1-16-11-13-14(12-5-3-2-4-6-12)20-15(17-13)18-7-9-19-10-8-18/h2-6,16H,7-11H2,1H3. The second kappa shape index (κ2) is 6.35. The lowest BCUT2D eigenvalue weighted by atomic mass is 10.1. The van der Waals surface area contributed by atoms with E-state index in [4.69, 9.17) is 9.72 Å². The third-order valence-corrected chi connectivity index (χ3v) is 4.56. The largest absolute Gasteiger partial charge is 0.378 e.